The molecule has 0 heterocycles. The van der Waals surface area contributed by atoms with Crippen LogP contribution in [0.2, 0.25) is 0 Å². The summed E-state index contributed by atoms with van der Waals surface area (Å²) in [5.41, 5.74) is 0. The summed E-state index contributed by atoms with van der Waals surface area (Å²) in [6, 6.07) is 0. The van der Waals surface area contributed by atoms with E-state index in [1.807, 2.05) is 0 Å². The summed E-state index contributed by atoms with van der Waals surface area (Å²) in [5.74, 6) is -0.877. The van der Waals surface area contributed by atoms with Crippen molar-refractivity contribution in [2.45, 2.75) is 25.9 Å². The molecule has 0 bridgehead atoms. The number of carboxylic acids is 1. The van der Waals surface area contributed by atoms with E-state index in [2.05, 4.69) is 5.32 Å². The lowest BCUT2D eigenvalue weighted by Gasteiger charge is -2.01. The Labute approximate surface area is 65.6 Å². The molecule has 11 heavy (non-hydrogen) atoms. The number of nitrogens with one attached hydrogen (secondary N) is 1. The van der Waals surface area contributed by atoms with Crippen molar-refractivity contribution in [1.29, 1.82) is 0 Å². The van der Waals surface area contributed by atoms with Gasteiger partial charge in [0, 0.05) is 0 Å². The van der Waals surface area contributed by atoms with Gasteiger partial charge in [-0.05, 0) is 26.3 Å². The number of carbonyl (C=O) groups is 1. The molecule has 2 N–H and O–H groups in total. The Bertz CT molecular complexity index is 117. The molecule has 0 aliphatic rings. The number of rotatable bonds is 6. The maximum Gasteiger partial charge on any atom is 0.317 e. The summed E-state index contributed by atoms with van der Waals surface area (Å²) in [6.07, 6.45) is 0.388. The Morgan fingerprint density at radius 3 is 2.82 bits per heavy atom. The first-order chi connectivity index (χ1) is 5.13. The summed E-state index contributed by atoms with van der Waals surface area (Å²) in [7, 11) is 0. The predicted octanol–water partition coefficient (Wildman–Crippen LogP) is 0.799. The summed E-state index contributed by atoms with van der Waals surface area (Å²) < 4.78 is 12.1. The number of hydrogen-bond acceptors (Lipinski definition) is 2. The third-order valence-corrected chi connectivity index (χ3v) is 1.23. The van der Waals surface area contributed by atoms with E-state index in [1.165, 1.54) is 6.92 Å². The van der Waals surface area contributed by atoms with Crippen LogP contribution >= 0.6 is 0 Å². The number of alkyl halides is 1. The van der Waals surface area contributed by atoms with Gasteiger partial charge in [0.2, 0.25) is 0 Å². The summed E-state index contributed by atoms with van der Waals surface area (Å²) in [6.45, 7) is 2.03. The monoisotopic (exact) mass is 163 g/mol. The fourth-order valence-corrected chi connectivity index (χ4v) is 0.704. The molecule has 0 rings (SSSR count). The van der Waals surface area contributed by atoms with Crippen molar-refractivity contribution in [2.75, 3.05) is 13.1 Å². The van der Waals surface area contributed by atoms with Gasteiger partial charge in [-0.25, -0.2) is 4.39 Å². The average Bonchev–Trinajstić information content (AvgIpc) is 1.85. The highest BCUT2D eigenvalue weighted by atomic mass is 19.1. The van der Waals surface area contributed by atoms with Crippen molar-refractivity contribution in [3.8, 4) is 0 Å². The lowest BCUT2D eigenvalue weighted by atomic mass is 10.2. The highest BCUT2D eigenvalue weighted by Crippen LogP contribution is 1.98. The maximum atomic E-state index is 12.1. The second-order valence-electron chi connectivity index (χ2n) is 2.49. The van der Waals surface area contributed by atoms with E-state index in [1.54, 1.807) is 0 Å². The van der Waals surface area contributed by atoms with E-state index >= 15 is 0 Å². The Kier molecular flexibility index (Phi) is 5.74. The van der Waals surface area contributed by atoms with Crippen LogP contribution in [0.1, 0.15) is 19.8 Å². The van der Waals surface area contributed by atoms with Gasteiger partial charge in [-0.2, -0.15) is 0 Å². The average molecular weight is 163 g/mol. The minimum atomic E-state index is -0.877. The predicted molar refractivity (Wildman–Crippen MR) is 40.3 cm³/mol. The van der Waals surface area contributed by atoms with E-state index in [0.29, 0.717) is 19.4 Å². The van der Waals surface area contributed by atoms with Gasteiger partial charge in [0.05, 0.1) is 12.7 Å². The number of carboxylic acid groups (broad SMARTS) is 1. The summed E-state index contributed by atoms with van der Waals surface area (Å²) >= 11 is 0. The molecule has 0 aromatic rings. The molecule has 0 amide bonds. The highest BCUT2D eigenvalue weighted by Gasteiger charge is 1.98. The van der Waals surface area contributed by atoms with Crippen LogP contribution in [-0.4, -0.2) is 30.3 Å². The van der Waals surface area contributed by atoms with Gasteiger partial charge < -0.3 is 10.4 Å². The van der Waals surface area contributed by atoms with Crippen LogP contribution in [0.5, 0.6) is 0 Å². The molecule has 0 spiro atoms. The van der Waals surface area contributed by atoms with E-state index in [9.17, 15) is 9.18 Å². The molecule has 0 aromatic heterocycles. The smallest absolute Gasteiger partial charge is 0.317 e. The van der Waals surface area contributed by atoms with Crippen LogP contribution < -0.4 is 5.32 Å². The molecule has 0 aliphatic carbocycles. The zero-order valence-corrected chi connectivity index (χ0v) is 6.64. The van der Waals surface area contributed by atoms with Crippen molar-refractivity contribution in [3.05, 3.63) is 0 Å². The van der Waals surface area contributed by atoms with Gasteiger partial charge >= 0.3 is 5.97 Å². The van der Waals surface area contributed by atoms with Crippen LogP contribution in [0.25, 0.3) is 0 Å². The second kappa shape index (κ2) is 6.09. The first-order valence-electron chi connectivity index (χ1n) is 3.69. The Hall–Kier alpha value is -0.640. The molecule has 0 aliphatic heterocycles. The van der Waals surface area contributed by atoms with Crippen molar-refractivity contribution in [3.63, 3.8) is 0 Å². The first-order valence-corrected chi connectivity index (χ1v) is 3.69. The van der Waals surface area contributed by atoms with E-state index in [0.717, 1.165) is 0 Å². The van der Waals surface area contributed by atoms with Gasteiger partial charge in [-0.15, -0.1) is 0 Å². The van der Waals surface area contributed by atoms with Crippen molar-refractivity contribution >= 4 is 5.97 Å². The van der Waals surface area contributed by atoms with Crippen molar-refractivity contribution in [2.24, 2.45) is 0 Å². The molecule has 4 heteroatoms. The van der Waals surface area contributed by atoms with Crippen LogP contribution in [0.3, 0.4) is 0 Å². The topological polar surface area (TPSA) is 49.3 Å². The molecular weight excluding hydrogens is 149 g/mol. The molecule has 1 unspecified atom stereocenters. The molecule has 0 radical (unpaired) electrons. The Balaban J connectivity index is 2.97. The standard InChI is InChI=1S/C7H14FNO2/c1-6(8)3-2-4-9-5-7(10)11/h6,9H,2-5H2,1H3,(H,10,11). The molecular formula is C7H14FNO2. The zero-order chi connectivity index (χ0) is 8.69. The SMILES string of the molecule is CC(F)CCCNCC(=O)O. The molecule has 66 valence electrons. The Morgan fingerprint density at radius 2 is 2.36 bits per heavy atom. The van der Waals surface area contributed by atoms with Crippen molar-refractivity contribution < 1.29 is 14.3 Å². The highest BCUT2D eigenvalue weighted by molar-refractivity contribution is 5.68. The van der Waals surface area contributed by atoms with E-state index in [-0.39, 0.29) is 6.54 Å². The number of aliphatic carboxylic acids is 1. The minimum Gasteiger partial charge on any atom is -0.480 e. The van der Waals surface area contributed by atoms with Gasteiger partial charge in [-0.3, -0.25) is 4.79 Å². The Morgan fingerprint density at radius 1 is 1.73 bits per heavy atom. The summed E-state index contributed by atoms with van der Waals surface area (Å²) in [4.78, 5) is 9.96. The first kappa shape index (κ1) is 10.4. The fourth-order valence-electron chi connectivity index (χ4n) is 0.704. The lowest BCUT2D eigenvalue weighted by molar-refractivity contribution is -0.135. The molecule has 0 aromatic carbocycles. The normalized spacial score (nSPS) is 12.9. The van der Waals surface area contributed by atoms with E-state index in [4.69, 9.17) is 5.11 Å². The zero-order valence-electron chi connectivity index (χ0n) is 6.64. The third-order valence-electron chi connectivity index (χ3n) is 1.23. The fraction of sp³-hybridized carbons (Fsp3) is 0.857. The van der Waals surface area contributed by atoms with Crippen LogP contribution in [0.4, 0.5) is 4.39 Å². The van der Waals surface area contributed by atoms with Crippen LogP contribution in [-0.2, 0) is 4.79 Å². The lowest BCUT2D eigenvalue weighted by Crippen LogP contribution is -2.23. The van der Waals surface area contributed by atoms with Crippen molar-refractivity contribution in [1.82, 2.24) is 5.32 Å². The van der Waals surface area contributed by atoms with Gasteiger partial charge in [0.25, 0.3) is 0 Å². The molecule has 1 atom stereocenters. The molecule has 0 saturated carbocycles. The molecule has 0 saturated heterocycles. The quantitative estimate of drug-likeness (QED) is 0.569. The van der Waals surface area contributed by atoms with Gasteiger partial charge in [0.1, 0.15) is 0 Å². The number of halogens is 1. The molecule has 3 nitrogen and oxygen atoms in total. The third kappa shape index (κ3) is 9.36. The largest absolute Gasteiger partial charge is 0.480 e. The maximum absolute atomic E-state index is 12.1. The van der Waals surface area contributed by atoms with Crippen LogP contribution in [0, 0.1) is 0 Å². The second-order valence-corrected chi connectivity index (χ2v) is 2.49. The van der Waals surface area contributed by atoms with Gasteiger partial charge in [-0.1, -0.05) is 0 Å². The minimum absolute atomic E-state index is 0.0410. The summed E-state index contributed by atoms with van der Waals surface area (Å²) in [5, 5.41) is 10.9. The van der Waals surface area contributed by atoms with E-state index < -0.39 is 12.1 Å². The number of hydrogen-bond donors (Lipinski definition) is 2. The van der Waals surface area contributed by atoms with Gasteiger partial charge in [0.15, 0.2) is 0 Å². The molecule has 0 fully saturated rings. The van der Waals surface area contributed by atoms with Crippen LogP contribution in [0.15, 0.2) is 0 Å².